The van der Waals surface area contributed by atoms with Crippen molar-refractivity contribution in [3.63, 3.8) is 0 Å². The van der Waals surface area contributed by atoms with E-state index in [9.17, 15) is 17.6 Å². The maximum Gasteiger partial charge on any atom is 0.412 e. The first-order valence-corrected chi connectivity index (χ1v) is 2.10. The molecule has 0 unspecified atom stereocenters. The largest absolute Gasteiger partial charge is 0.412 e. The second-order valence-corrected chi connectivity index (χ2v) is 1.52. The van der Waals surface area contributed by atoms with E-state index in [1.54, 1.807) is 0 Å². The summed E-state index contributed by atoms with van der Waals surface area (Å²) < 4.78 is 50.2. The highest BCUT2D eigenvalue weighted by Gasteiger charge is 2.45. The van der Waals surface area contributed by atoms with Crippen molar-refractivity contribution in [1.29, 1.82) is 0 Å². The van der Waals surface area contributed by atoms with E-state index in [0.29, 0.717) is 0 Å². The molecule has 0 saturated heterocycles. The van der Waals surface area contributed by atoms with Crippen LogP contribution in [0, 0.1) is 0 Å². The molecule has 1 rings (SSSR count). The minimum Gasteiger partial charge on any atom is -0.307 e. The fourth-order valence-corrected chi connectivity index (χ4v) is 0.439. The summed E-state index contributed by atoms with van der Waals surface area (Å²) in [7, 11) is 0. The number of ether oxygens (including phenoxy) is 1. The average Bonchev–Trinajstić information content (AvgIpc) is 1.97. The van der Waals surface area contributed by atoms with Gasteiger partial charge in [0.2, 0.25) is 5.83 Å². The summed E-state index contributed by atoms with van der Waals surface area (Å²) in [5.74, 6) is -3.64. The van der Waals surface area contributed by atoms with E-state index >= 15 is 0 Å². The van der Waals surface area contributed by atoms with Crippen molar-refractivity contribution in [2.45, 2.75) is 6.11 Å². The lowest BCUT2D eigenvalue weighted by molar-refractivity contribution is -0.199. The van der Waals surface area contributed by atoms with Gasteiger partial charge in [-0.1, -0.05) is 0 Å². The molecule has 0 aromatic heterocycles. The minimum absolute atomic E-state index is 0.973. The van der Waals surface area contributed by atoms with E-state index < -0.39 is 24.4 Å². The molecule has 1 heterocycles. The van der Waals surface area contributed by atoms with Gasteiger partial charge >= 0.3 is 6.11 Å². The van der Waals surface area contributed by atoms with Crippen LogP contribution >= 0.6 is 0 Å². The van der Waals surface area contributed by atoms with Crippen LogP contribution in [0.1, 0.15) is 0 Å². The van der Waals surface area contributed by atoms with E-state index in [1.807, 2.05) is 0 Å². The quantitative estimate of drug-likeness (QED) is 0.468. The Hall–Kier alpha value is -0.580. The second kappa shape index (κ2) is 1.70. The summed E-state index contributed by atoms with van der Waals surface area (Å²) in [5.41, 5.74) is 0. The Morgan fingerprint density at radius 1 is 1.33 bits per heavy atom. The van der Waals surface area contributed by atoms with Crippen LogP contribution in [0.25, 0.3) is 0 Å². The van der Waals surface area contributed by atoms with Crippen LogP contribution < -0.4 is 0 Å². The Kier molecular flexibility index (Phi) is 1.23. The van der Waals surface area contributed by atoms with Gasteiger partial charge in [0, 0.05) is 0 Å². The molecule has 0 bridgehead atoms. The van der Waals surface area contributed by atoms with Crippen LogP contribution in [0.5, 0.6) is 0 Å². The molecule has 5 heteroatoms. The van der Waals surface area contributed by atoms with E-state index in [1.165, 1.54) is 0 Å². The lowest BCUT2D eigenvalue weighted by Crippen LogP contribution is -2.15. The van der Waals surface area contributed by atoms with Gasteiger partial charge in [-0.3, -0.25) is 0 Å². The molecule has 0 spiro atoms. The van der Waals surface area contributed by atoms with Gasteiger partial charge in [-0.05, 0) is 0 Å². The normalized spacial score (nSPS) is 25.3. The number of alkyl halides is 2. The van der Waals surface area contributed by atoms with E-state index in [-0.39, 0.29) is 0 Å². The van der Waals surface area contributed by atoms with Gasteiger partial charge in [0.1, 0.15) is 6.61 Å². The number of hydrogen-bond acceptors (Lipinski definition) is 1. The van der Waals surface area contributed by atoms with Crippen molar-refractivity contribution in [3.05, 3.63) is 11.7 Å². The third-order valence-electron chi connectivity index (χ3n) is 0.874. The van der Waals surface area contributed by atoms with Crippen LogP contribution in [-0.2, 0) is 4.74 Å². The number of hydrogen-bond donors (Lipinski definition) is 0. The van der Waals surface area contributed by atoms with Crippen molar-refractivity contribution in [3.8, 4) is 0 Å². The minimum atomic E-state index is -4.04. The Balaban J connectivity index is 2.88. The second-order valence-electron chi connectivity index (χ2n) is 1.52. The molecule has 0 saturated carbocycles. The smallest absolute Gasteiger partial charge is 0.307 e. The topological polar surface area (TPSA) is 9.23 Å². The lowest BCUT2D eigenvalue weighted by atomic mass is 10.5. The van der Waals surface area contributed by atoms with E-state index in [2.05, 4.69) is 4.74 Å². The maximum atomic E-state index is 11.7. The highest BCUT2D eigenvalue weighted by atomic mass is 19.3. The molecule has 1 aliphatic rings. The van der Waals surface area contributed by atoms with Crippen molar-refractivity contribution in [2.24, 2.45) is 0 Å². The van der Waals surface area contributed by atoms with Crippen LogP contribution in [0.4, 0.5) is 17.6 Å². The molecule has 9 heavy (non-hydrogen) atoms. The first-order valence-electron chi connectivity index (χ1n) is 2.10. The van der Waals surface area contributed by atoms with Crippen LogP contribution in [0.15, 0.2) is 11.7 Å². The summed E-state index contributed by atoms with van der Waals surface area (Å²) in [4.78, 5) is 0. The zero-order chi connectivity index (χ0) is 7.07. The van der Waals surface area contributed by atoms with Crippen molar-refractivity contribution < 1.29 is 22.3 Å². The van der Waals surface area contributed by atoms with Gasteiger partial charge in [0.25, 0.3) is 0 Å². The summed E-state index contributed by atoms with van der Waals surface area (Å²) >= 11 is 0. The van der Waals surface area contributed by atoms with Crippen molar-refractivity contribution in [1.82, 2.24) is 0 Å². The summed E-state index contributed by atoms with van der Waals surface area (Å²) in [6.07, 6.45) is -4.04. The average molecular weight is 142 g/mol. The molecule has 1 aliphatic heterocycles. The molecular formula is C4H2F4O. The van der Waals surface area contributed by atoms with Crippen molar-refractivity contribution in [2.75, 3.05) is 6.61 Å². The predicted octanol–water partition coefficient (Wildman–Crippen LogP) is 1.76. The van der Waals surface area contributed by atoms with Gasteiger partial charge in [-0.15, -0.1) is 0 Å². The number of halogens is 4. The molecule has 0 radical (unpaired) electrons. The SMILES string of the molecule is FC1=C(F)C(F)(F)OC1. The van der Waals surface area contributed by atoms with Gasteiger partial charge in [0.15, 0.2) is 5.83 Å². The first-order chi connectivity index (χ1) is 4.04. The Morgan fingerprint density at radius 3 is 2.00 bits per heavy atom. The van der Waals surface area contributed by atoms with Crippen LogP contribution in [-0.4, -0.2) is 12.7 Å². The van der Waals surface area contributed by atoms with Gasteiger partial charge in [-0.25, -0.2) is 4.39 Å². The zero-order valence-corrected chi connectivity index (χ0v) is 4.13. The fourth-order valence-electron chi connectivity index (χ4n) is 0.439. The van der Waals surface area contributed by atoms with E-state index in [0.717, 1.165) is 0 Å². The lowest BCUT2D eigenvalue weighted by Gasteiger charge is -2.03. The molecular weight excluding hydrogens is 140 g/mol. The molecule has 0 amide bonds. The zero-order valence-electron chi connectivity index (χ0n) is 4.13. The Bertz CT molecular complexity index is 162. The fraction of sp³-hybridized carbons (Fsp3) is 0.500. The maximum absolute atomic E-state index is 11.7. The van der Waals surface area contributed by atoms with Gasteiger partial charge < -0.3 is 4.74 Å². The van der Waals surface area contributed by atoms with E-state index in [4.69, 9.17) is 0 Å². The Labute approximate surface area is 47.9 Å². The Morgan fingerprint density at radius 2 is 1.89 bits per heavy atom. The highest BCUT2D eigenvalue weighted by Crippen LogP contribution is 2.35. The van der Waals surface area contributed by atoms with Gasteiger partial charge in [0.05, 0.1) is 0 Å². The monoisotopic (exact) mass is 142 g/mol. The molecule has 1 nitrogen and oxygen atoms in total. The van der Waals surface area contributed by atoms with Crippen LogP contribution in [0.2, 0.25) is 0 Å². The molecule has 0 fully saturated rings. The molecule has 0 aliphatic carbocycles. The van der Waals surface area contributed by atoms with Crippen LogP contribution in [0.3, 0.4) is 0 Å². The molecule has 0 aromatic carbocycles. The first kappa shape index (κ1) is 6.54. The summed E-state index contributed by atoms with van der Waals surface area (Å²) in [6.45, 7) is -0.973. The molecule has 0 N–H and O–H groups in total. The predicted molar refractivity (Wildman–Crippen MR) is 20.1 cm³/mol. The third kappa shape index (κ3) is 0.917. The molecule has 0 aromatic rings. The molecule has 0 atom stereocenters. The third-order valence-corrected chi connectivity index (χ3v) is 0.874. The molecule has 52 valence electrons. The summed E-state index contributed by atoms with van der Waals surface area (Å²) in [5, 5.41) is 0. The standard InChI is InChI=1S/C4H2F4O/c5-2-1-9-4(7,8)3(2)6/h1H2. The highest BCUT2D eigenvalue weighted by molar-refractivity contribution is 5.11. The summed E-state index contributed by atoms with van der Waals surface area (Å²) in [6, 6.07) is 0. The van der Waals surface area contributed by atoms with Gasteiger partial charge in [-0.2, -0.15) is 13.2 Å². The number of rotatable bonds is 0. The van der Waals surface area contributed by atoms with Crippen molar-refractivity contribution >= 4 is 0 Å².